The molecule has 2 unspecified atom stereocenters. The maximum Gasteiger partial charge on any atom is 0.334 e. The molecule has 10 heteroatoms. The quantitative estimate of drug-likeness (QED) is 0.308. The third-order valence-corrected chi connectivity index (χ3v) is 7.92. The Balaban J connectivity index is 1.27. The number of anilines is 1. The molecule has 10 nitrogen and oxygen atoms in total. The van der Waals surface area contributed by atoms with Crippen LogP contribution in [0.15, 0.2) is 64.8 Å². The minimum absolute atomic E-state index is 0.0582. The van der Waals surface area contributed by atoms with Crippen LogP contribution in [0, 0.1) is 5.92 Å². The van der Waals surface area contributed by atoms with E-state index in [9.17, 15) is 24.6 Å². The standard InChI is InChI=1S/C31H38N4O6/c1-19-26(29(36)37)28(27(30(38)39)20(2)33-19)23-8-4-9-24(17-23)34-31(40)32-13-6-14-35-15-11-21(12-16-35)22-7-5-10-25(18-22)41-3/h4-5,7-10,17-18,21,26,28H,6,11-16H2,1-3H3,(H,36,37)(H,38,39)(H2,32,34,40). The molecule has 41 heavy (non-hydrogen) atoms. The summed E-state index contributed by atoms with van der Waals surface area (Å²) in [6.45, 7) is 6.57. The zero-order valence-electron chi connectivity index (χ0n) is 23.7. The molecule has 0 bridgehead atoms. The average Bonchev–Trinajstić information content (AvgIpc) is 2.95. The highest BCUT2D eigenvalue weighted by Crippen LogP contribution is 2.39. The number of urea groups is 1. The first-order valence-corrected chi connectivity index (χ1v) is 13.9. The monoisotopic (exact) mass is 562 g/mol. The average molecular weight is 563 g/mol. The van der Waals surface area contributed by atoms with E-state index in [-0.39, 0.29) is 17.3 Å². The van der Waals surface area contributed by atoms with Gasteiger partial charge in [0.1, 0.15) is 11.7 Å². The van der Waals surface area contributed by atoms with Crippen LogP contribution in [0.2, 0.25) is 0 Å². The summed E-state index contributed by atoms with van der Waals surface area (Å²) in [7, 11) is 1.69. The number of nitrogens with one attached hydrogen (secondary N) is 2. The smallest absolute Gasteiger partial charge is 0.334 e. The first-order valence-electron chi connectivity index (χ1n) is 13.9. The van der Waals surface area contributed by atoms with Gasteiger partial charge < -0.3 is 30.5 Å². The number of nitrogens with zero attached hydrogens (tertiary/aromatic N) is 2. The number of aliphatic carboxylic acids is 2. The molecular weight excluding hydrogens is 524 g/mol. The Morgan fingerprint density at radius 2 is 1.73 bits per heavy atom. The van der Waals surface area contributed by atoms with Crippen LogP contribution < -0.4 is 15.4 Å². The summed E-state index contributed by atoms with van der Waals surface area (Å²) < 4.78 is 5.36. The van der Waals surface area contributed by atoms with Crippen LogP contribution >= 0.6 is 0 Å². The van der Waals surface area contributed by atoms with Gasteiger partial charge in [0, 0.05) is 29.6 Å². The first-order chi connectivity index (χ1) is 19.7. The molecule has 1 fully saturated rings. The van der Waals surface area contributed by atoms with Crippen molar-refractivity contribution >= 4 is 29.4 Å². The Morgan fingerprint density at radius 3 is 2.41 bits per heavy atom. The molecule has 2 atom stereocenters. The fourth-order valence-corrected chi connectivity index (χ4v) is 5.87. The number of likely N-dealkylation sites (tertiary alicyclic amines) is 1. The number of allylic oxidation sites excluding steroid dienone is 1. The van der Waals surface area contributed by atoms with Gasteiger partial charge in [-0.2, -0.15) is 0 Å². The maximum absolute atomic E-state index is 12.6. The normalized spacial score (nSPS) is 19.8. The lowest BCUT2D eigenvalue weighted by Crippen LogP contribution is -2.36. The number of hydrogen-bond acceptors (Lipinski definition) is 6. The Hall–Kier alpha value is -4.18. The van der Waals surface area contributed by atoms with E-state index in [1.807, 2.05) is 12.1 Å². The summed E-state index contributed by atoms with van der Waals surface area (Å²) in [5, 5.41) is 25.4. The van der Waals surface area contributed by atoms with Gasteiger partial charge in [-0.1, -0.05) is 24.3 Å². The van der Waals surface area contributed by atoms with Crippen molar-refractivity contribution < 1.29 is 29.3 Å². The minimum atomic E-state index is -1.21. The summed E-state index contributed by atoms with van der Waals surface area (Å²) in [5.41, 5.74) is 2.81. The summed E-state index contributed by atoms with van der Waals surface area (Å²) in [5.74, 6) is -2.99. The number of aliphatic imine (C=N–C) groups is 1. The molecule has 1 saturated heterocycles. The van der Waals surface area contributed by atoms with Crippen LogP contribution in [0.25, 0.3) is 0 Å². The SMILES string of the molecule is COc1cccc(C2CCN(CCCNC(=O)Nc3cccc(C4C(C(=O)O)=C(C)N=C(C)C4C(=O)O)c3)CC2)c1. The minimum Gasteiger partial charge on any atom is -0.497 e. The van der Waals surface area contributed by atoms with E-state index in [1.165, 1.54) is 5.56 Å². The summed E-state index contributed by atoms with van der Waals surface area (Å²) in [6, 6.07) is 14.6. The topological polar surface area (TPSA) is 141 Å². The third-order valence-electron chi connectivity index (χ3n) is 7.92. The van der Waals surface area contributed by atoms with Crippen molar-refractivity contribution in [1.82, 2.24) is 10.2 Å². The van der Waals surface area contributed by atoms with Gasteiger partial charge in [-0.05, 0) is 94.1 Å². The number of amides is 2. The number of carbonyl (C=O) groups excluding carboxylic acids is 1. The van der Waals surface area contributed by atoms with E-state index in [4.69, 9.17) is 4.74 Å². The van der Waals surface area contributed by atoms with Crippen LogP contribution in [-0.4, -0.2) is 72.1 Å². The van der Waals surface area contributed by atoms with Gasteiger partial charge in [0.25, 0.3) is 0 Å². The van der Waals surface area contributed by atoms with E-state index in [2.05, 4.69) is 32.7 Å². The molecule has 0 spiro atoms. The molecule has 2 heterocycles. The molecular formula is C31H38N4O6. The molecule has 218 valence electrons. The van der Waals surface area contributed by atoms with Crippen molar-refractivity contribution in [1.29, 1.82) is 0 Å². The highest BCUT2D eigenvalue weighted by atomic mass is 16.5. The fraction of sp³-hybridized carbons (Fsp3) is 0.419. The van der Waals surface area contributed by atoms with Crippen molar-refractivity contribution in [2.75, 3.05) is 38.6 Å². The number of carboxylic acids is 2. The summed E-state index contributed by atoms with van der Waals surface area (Å²) in [4.78, 5) is 43.3. The fourth-order valence-electron chi connectivity index (χ4n) is 5.87. The van der Waals surface area contributed by atoms with Crippen LogP contribution in [0.1, 0.15) is 56.1 Å². The molecule has 0 aromatic heterocycles. The number of hydrogen-bond donors (Lipinski definition) is 4. The second kappa shape index (κ2) is 13.5. The van der Waals surface area contributed by atoms with E-state index in [0.717, 1.165) is 44.6 Å². The zero-order valence-corrected chi connectivity index (χ0v) is 23.7. The Bertz CT molecular complexity index is 1350. The molecule has 2 amide bonds. The predicted octanol–water partition coefficient (Wildman–Crippen LogP) is 4.70. The van der Waals surface area contributed by atoms with Gasteiger partial charge in [-0.15, -0.1) is 0 Å². The molecule has 2 aromatic carbocycles. The number of carbonyl (C=O) groups is 3. The lowest BCUT2D eigenvalue weighted by Gasteiger charge is -2.32. The Labute approximate surface area is 240 Å². The van der Waals surface area contributed by atoms with E-state index < -0.39 is 23.8 Å². The summed E-state index contributed by atoms with van der Waals surface area (Å²) in [6.07, 6.45) is 2.99. The zero-order chi connectivity index (χ0) is 29.5. The molecule has 0 radical (unpaired) electrons. The molecule has 0 aliphatic carbocycles. The van der Waals surface area contributed by atoms with Crippen molar-refractivity contribution in [3.8, 4) is 5.75 Å². The van der Waals surface area contributed by atoms with E-state index >= 15 is 0 Å². The van der Waals surface area contributed by atoms with E-state index in [1.54, 1.807) is 45.2 Å². The Kier molecular flexibility index (Phi) is 9.78. The van der Waals surface area contributed by atoms with Crippen molar-refractivity contribution in [2.24, 2.45) is 10.9 Å². The molecule has 2 aliphatic rings. The lowest BCUT2D eigenvalue weighted by molar-refractivity contribution is -0.140. The van der Waals surface area contributed by atoms with Crippen LogP contribution in [0.5, 0.6) is 5.75 Å². The third kappa shape index (κ3) is 7.32. The highest BCUT2D eigenvalue weighted by molar-refractivity contribution is 6.06. The maximum atomic E-state index is 12.6. The number of methoxy groups -OCH3 is 1. The molecule has 4 N–H and O–H groups in total. The highest BCUT2D eigenvalue weighted by Gasteiger charge is 2.41. The summed E-state index contributed by atoms with van der Waals surface area (Å²) >= 11 is 0. The second-order valence-electron chi connectivity index (χ2n) is 10.6. The van der Waals surface area contributed by atoms with Crippen molar-refractivity contribution in [2.45, 2.75) is 44.9 Å². The van der Waals surface area contributed by atoms with Gasteiger partial charge in [-0.25, -0.2) is 9.59 Å². The van der Waals surface area contributed by atoms with Crippen LogP contribution in [-0.2, 0) is 9.59 Å². The van der Waals surface area contributed by atoms with Crippen molar-refractivity contribution in [3.63, 3.8) is 0 Å². The lowest BCUT2D eigenvalue weighted by atomic mass is 9.75. The number of ether oxygens (including phenoxy) is 1. The number of benzene rings is 2. The van der Waals surface area contributed by atoms with Gasteiger partial charge in [0.2, 0.25) is 0 Å². The Morgan fingerprint density at radius 1 is 1.02 bits per heavy atom. The molecule has 2 aromatic rings. The molecule has 0 saturated carbocycles. The predicted molar refractivity (Wildman–Crippen MR) is 157 cm³/mol. The van der Waals surface area contributed by atoms with Crippen molar-refractivity contribution in [3.05, 3.63) is 70.9 Å². The van der Waals surface area contributed by atoms with Crippen LogP contribution in [0.4, 0.5) is 10.5 Å². The number of rotatable bonds is 10. The second-order valence-corrected chi connectivity index (χ2v) is 10.6. The van der Waals surface area contributed by atoms with Gasteiger partial charge in [-0.3, -0.25) is 9.79 Å². The van der Waals surface area contributed by atoms with Gasteiger partial charge in [0.05, 0.1) is 12.7 Å². The first kappa shape index (κ1) is 29.8. The van der Waals surface area contributed by atoms with Gasteiger partial charge >= 0.3 is 18.0 Å². The number of carboxylic acid groups (broad SMARTS) is 2. The molecule has 4 rings (SSSR count). The van der Waals surface area contributed by atoms with Gasteiger partial charge in [0.15, 0.2) is 0 Å². The number of piperidine rings is 1. The van der Waals surface area contributed by atoms with E-state index in [0.29, 0.717) is 29.4 Å². The van der Waals surface area contributed by atoms with Crippen LogP contribution in [0.3, 0.4) is 0 Å². The molecule has 2 aliphatic heterocycles. The largest absolute Gasteiger partial charge is 0.497 e.